The number of carbonyl (C=O) groups excluding carboxylic acids is 1. The standard InChI is InChI=1S/C12H20O2/c1-3-4-5-6-7-8-9-10-11-14-12(2)13/h8-11H,3-7H2,1-2H3. The van der Waals surface area contributed by atoms with Gasteiger partial charge in [-0.05, 0) is 18.9 Å². The maximum atomic E-state index is 10.4. The van der Waals surface area contributed by atoms with Crippen LogP contribution in [0.3, 0.4) is 0 Å². The Morgan fingerprint density at radius 3 is 2.64 bits per heavy atom. The minimum Gasteiger partial charge on any atom is -0.435 e. The molecule has 0 aromatic carbocycles. The summed E-state index contributed by atoms with van der Waals surface area (Å²) in [5, 5.41) is 0. The molecule has 80 valence electrons. The summed E-state index contributed by atoms with van der Waals surface area (Å²) in [4.78, 5) is 10.4. The van der Waals surface area contributed by atoms with Gasteiger partial charge in [0.1, 0.15) is 0 Å². The molecule has 14 heavy (non-hydrogen) atoms. The molecule has 0 aliphatic rings. The summed E-state index contributed by atoms with van der Waals surface area (Å²) < 4.78 is 4.62. The zero-order valence-electron chi connectivity index (χ0n) is 9.16. The SMILES string of the molecule is CCCCCCC=CC=COC(C)=O. The summed E-state index contributed by atoms with van der Waals surface area (Å²) in [5.74, 6) is -0.280. The molecule has 0 radical (unpaired) electrons. The van der Waals surface area contributed by atoms with Gasteiger partial charge in [0.15, 0.2) is 0 Å². The number of allylic oxidation sites excluding steroid dienone is 3. The normalized spacial score (nSPS) is 11.3. The van der Waals surface area contributed by atoms with Gasteiger partial charge in [-0.15, -0.1) is 0 Å². The van der Waals surface area contributed by atoms with Crippen LogP contribution in [0.4, 0.5) is 0 Å². The molecular formula is C12H20O2. The second kappa shape index (κ2) is 10.0. The lowest BCUT2D eigenvalue weighted by atomic mass is 10.1. The fourth-order valence-electron chi connectivity index (χ4n) is 1.04. The van der Waals surface area contributed by atoms with Crippen LogP contribution in [0.1, 0.15) is 46.0 Å². The number of carbonyl (C=O) groups is 1. The third-order valence-electron chi connectivity index (χ3n) is 1.78. The number of unbranched alkanes of at least 4 members (excludes halogenated alkanes) is 4. The molecule has 2 nitrogen and oxygen atoms in total. The topological polar surface area (TPSA) is 26.3 Å². The molecular weight excluding hydrogens is 176 g/mol. The van der Waals surface area contributed by atoms with Crippen LogP contribution in [-0.2, 0) is 9.53 Å². The Kier molecular flexibility index (Phi) is 9.28. The van der Waals surface area contributed by atoms with Gasteiger partial charge in [0.25, 0.3) is 0 Å². The van der Waals surface area contributed by atoms with Crippen molar-refractivity contribution in [3.63, 3.8) is 0 Å². The lowest BCUT2D eigenvalue weighted by molar-refractivity contribution is -0.135. The summed E-state index contributed by atoms with van der Waals surface area (Å²) in [5.41, 5.74) is 0. The van der Waals surface area contributed by atoms with Gasteiger partial charge >= 0.3 is 5.97 Å². The van der Waals surface area contributed by atoms with Gasteiger partial charge < -0.3 is 4.74 Å². The Bertz CT molecular complexity index is 192. The van der Waals surface area contributed by atoms with Crippen LogP contribution in [-0.4, -0.2) is 5.97 Å². The molecule has 0 N–H and O–H groups in total. The molecule has 0 fully saturated rings. The first kappa shape index (κ1) is 12.9. The van der Waals surface area contributed by atoms with Crippen molar-refractivity contribution in [2.45, 2.75) is 46.0 Å². The third-order valence-corrected chi connectivity index (χ3v) is 1.78. The fourth-order valence-corrected chi connectivity index (χ4v) is 1.04. The number of rotatable bonds is 7. The average molecular weight is 196 g/mol. The van der Waals surface area contributed by atoms with Crippen molar-refractivity contribution in [2.75, 3.05) is 0 Å². The summed E-state index contributed by atoms with van der Waals surface area (Å²) in [6, 6.07) is 0. The van der Waals surface area contributed by atoms with Crippen LogP contribution in [0.2, 0.25) is 0 Å². The van der Waals surface area contributed by atoms with Gasteiger partial charge in [0.2, 0.25) is 0 Å². The monoisotopic (exact) mass is 196 g/mol. The Hall–Kier alpha value is -1.05. The van der Waals surface area contributed by atoms with Crippen molar-refractivity contribution in [3.05, 3.63) is 24.5 Å². The van der Waals surface area contributed by atoms with E-state index in [1.165, 1.54) is 38.9 Å². The number of esters is 1. The van der Waals surface area contributed by atoms with E-state index in [2.05, 4.69) is 17.7 Å². The zero-order chi connectivity index (χ0) is 10.6. The van der Waals surface area contributed by atoms with E-state index in [0.717, 1.165) is 6.42 Å². The van der Waals surface area contributed by atoms with Gasteiger partial charge in [-0.1, -0.05) is 38.3 Å². The van der Waals surface area contributed by atoms with Crippen molar-refractivity contribution in [1.82, 2.24) is 0 Å². The maximum absolute atomic E-state index is 10.4. The van der Waals surface area contributed by atoms with E-state index in [1.807, 2.05) is 6.08 Å². The van der Waals surface area contributed by atoms with Crippen LogP contribution < -0.4 is 0 Å². The lowest BCUT2D eigenvalue weighted by Crippen LogP contribution is -1.88. The Labute approximate surface area is 86.6 Å². The molecule has 0 rings (SSSR count). The summed E-state index contributed by atoms with van der Waals surface area (Å²) >= 11 is 0. The second-order valence-electron chi connectivity index (χ2n) is 3.22. The molecule has 0 saturated heterocycles. The van der Waals surface area contributed by atoms with Gasteiger partial charge in [-0.2, -0.15) is 0 Å². The maximum Gasteiger partial charge on any atom is 0.307 e. The molecule has 0 atom stereocenters. The van der Waals surface area contributed by atoms with Gasteiger partial charge in [0, 0.05) is 6.92 Å². The molecule has 0 aliphatic carbocycles. The molecule has 0 unspecified atom stereocenters. The minimum absolute atomic E-state index is 0.280. The first-order chi connectivity index (χ1) is 6.77. The highest BCUT2D eigenvalue weighted by molar-refractivity contribution is 5.66. The third kappa shape index (κ3) is 11.0. The van der Waals surface area contributed by atoms with Crippen molar-refractivity contribution >= 4 is 5.97 Å². The van der Waals surface area contributed by atoms with Crippen molar-refractivity contribution < 1.29 is 9.53 Å². The number of ether oxygens (including phenoxy) is 1. The van der Waals surface area contributed by atoms with Crippen molar-refractivity contribution in [3.8, 4) is 0 Å². The minimum atomic E-state index is -0.280. The van der Waals surface area contributed by atoms with E-state index in [1.54, 1.807) is 6.08 Å². The smallest absolute Gasteiger partial charge is 0.307 e. The highest BCUT2D eigenvalue weighted by Gasteiger charge is 1.84. The largest absolute Gasteiger partial charge is 0.435 e. The molecule has 0 aromatic heterocycles. The van der Waals surface area contributed by atoms with E-state index in [4.69, 9.17) is 0 Å². The molecule has 0 heterocycles. The predicted octanol–water partition coefficient (Wildman–Crippen LogP) is 3.59. The zero-order valence-corrected chi connectivity index (χ0v) is 9.16. The van der Waals surface area contributed by atoms with E-state index in [0.29, 0.717) is 0 Å². The van der Waals surface area contributed by atoms with Gasteiger partial charge in [-0.25, -0.2) is 0 Å². The number of hydrogen-bond acceptors (Lipinski definition) is 2. The van der Waals surface area contributed by atoms with E-state index < -0.39 is 0 Å². The quantitative estimate of drug-likeness (QED) is 0.269. The van der Waals surface area contributed by atoms with Crippen molar-refractivity contribution in [2.24, 2.45) is 0 Å². The molecule has 0 bridgehead atoms. The second-order valence-corrected chi connectivity index (χ2v) is 3.22. The summed E-state index contributed by atoms with van der Waals surface area (Å²) in [7, 11) is 0. The molecule has 0 amide bonds. The summed E-state index contributed by atoms with van der Waals surface area (Å²) in [6.45, 7) is 3.59. The lowest BCUT2D eigenvalue weighted by Gasteiger charge is -1.93. The average Bonchev–Trinajstić information content (AvgIpc) is 2.15. The van der Waals surface area contributed by atoms with Gasteiger partial charge in [0.05, 0.1) is 6.26 Å². The van der Waals surface area contributed by atoms with Crippen LogP contribution in [0.25, 0.3) is 0 Å². The first-order valence-electron chi connectivity index (χ1n) is 5.26. The molecule has 2 heteroatoms. The Balaban J connectivity index is 3.26. The van der Waals surface area contributed by atoms with Crippen molar-refractivity contribution in [1.29, 1.82) is 0 Å². The van der Waals surface area contributed by atoms with Crippen LogP contribution in [0.5, 0.6) is 0 Å². The van der Waals surface area contributed by atoms with E-state index >= 15 is 0 Å². The molecule has 0 aromatic rings. The van der Waals surface area contributed by atoms with E-state index in [-0.39, 0.29) is 5.97 Å². The molecule has 0 spiro atoms. The predicted molar refractivity (Wildman–Crippen MR) is 58.8 cm³/mol. The summed E-state index contributed by atoms with van der Waals surface area (Å²) in [6.07, 6.45) is 13.4. The Morgan fingerprint density at radius 1 is 1.21 bits per heavy atom. The first-order valence-corrected chi connectivity index (χ1v) is 5.26. The number of hydrogen-bond donors (Lipinski definition) is 0. The Morgan fingerprint density at radius 2 is 2.00 bits per heavy atom. The van der Waals surface area contributed by atoms with Crippen LogP contribution in [0, 0.1) is 0 Å². The fraction of sp³-hybridized carbons (Fsp3) is 0.583. The highest BCUT2D eigenvalue weighted by atomic mass is 16.5. The van der Waals surface area contributed by atoms with Gasteiger partial charge in [-0.3, -0.25) is 4.79 Å². The highest BCUT2D eigenvalue weighted by Crippen LogP contribution is 2.02. The molecule has 0 aliphatic heterocycles. The molecule has 0 saturated carbocycles. The van der Waals surface area contributed by atoms with Crippen LogP contribution >= 0.6 is 0 Å². The van der Waals surface area contributed by atoms with Crippen LogP contribution in [0.15, 0.2) is 24.5 Å². The van der Waals surface area contributed by atoms with E-state index in [9.17, 15) is 4.79 Å².